The molecule has 7 heteroatoms. The zero-order valence-corrected chi connectivity index (χ0v) is 26.9. The van der Waals surface area contributed by atoms with Gasteiger partial charge in [-0.3, -0.25) is 9.59 Å². The fourth-order valence-corrected chi connectivity index (χ4v) is 4.98. The average Bonchev–Trinajstić information content (AvgIpc) is 2.93. The van der Waals surface area contributed by atoms with Gasteiger partial charge in [0.1, 0.15) is 17.7 Å². The van der Waals surface area contributed by atoms with Gasteiger partial charge in [-0.05, 0) is 69.7 Å². The number of rotatable bonds is 16. The first-order chi connectivity index (χ1) is 20.0. The molecule has 3 amide bonds. The van der Waals surface area contributed by atoms with Gasteiger partial charge in [0, 0.05) is 19.5 Å². The Kier molecular flexibility index (Phi) is 14.6. The number of amides is 3. The summed E-state index contributed by atoms with van der Waals surface area (Å²) in [7, 11) is 0. The first kappa shape index (κ1) is 34.8. The van der Waals surface area contributed by atoms with Crippen molar-refractivity contribution in [1.82, 2.24) is 15.5 Å². The van der Waals surface area contributed by atoms with Gasteiger partial charge in [0.2, 0.25) is 11.8 Å². The SMILES string of the molecule is CCCCCCN(C(=O)C(Cc1ccccc1)NC(=O)OC(C)(C)C)C(C(=O)NCCCCC)c1cccc(C)c1C. The van der Waals surface area contributed by atoms with E-state index in [1.54, 1.807) is 25.7 Å². The quantitative estimate of drug-likeness (QED) is 0.206. The molecule has 0 aliphatic rings. The third-order valence-corrected chi connectivity index (χ3v) is 7.39. The highest BCUT2D eigenvalue weighted by Crippen LogP contribution is 2.28. The Hall–Kier alpha value is -3.35. The van der Waals surface area contributed by atoms with Crippen LogP contribution in [0.25, 0.3) is 0 Å². The van der Waals surface area contributed by atoms with Gasteiger partial charge < -0.3 is 20.3 Å². The highest BCUT2D eigenvalue weighted by Gasteiger charge is 2.37. The normalized spacial score (nSPS) is 12.7. The predicted molar refractivity (Wildman–Crippen MR) is 170 cm³/mol. The number of hydrogen-bond acceptors (Lipinski definition) is 4. The van der Waals surface area contributed by atoms with Crippen molar-refractivity contribution in [2.24, 2.45) is 0 Å². The van der Waals surface area contributed by atoms with Crippen LogP contribution >= 0.6 is 0 Å². The van der Waals surface area contributed by atoms with E-state index in [0.29, 0.717) is 13.1 Å². The van der Waals surface area contributed by atoms with Crippen molar-refractivity contribution in [3.63, 3.8) is 0 Å². The van der Waals surface area contributed by atoms with Crippen molar-refractivity contribution < 1.29 is 19.1 Å². The largest absolute Gasteiger partial charge is 0.444 e. The molecule has 232 valence electrons. The Balaban J connectivity index is 2.56. The Morgan fingerprint density at radius 2 is 1.52 bits per heavy atom. The predicted octanol–water partition coefficient (Wildman–Crippen LogP) is 7.20. The molecule has 0 aliphatic heterocycles. The lowest BCUT2D eigenvalue weighted by Gasteiger charge is -2.35. The molecular formula is C35H53N3O4. The lowest BCUT2D eigenvalue weighted by molar-refractivity contribution is -0.142. The molecule has 0 saturated carbocycles. The minimum absolute atomic E-state index is 0.195. The zero-order valence-electron chi connectivity index (χ0n) is 26.9. The number of hydrogen-bond donors (Lipinski definition) is 2. The molecule has 42 heavy (non-hydrogen) atoms. The third kappa shape index (κ3) is 11.5. The molecule has 0 fully saturated rings. The van der Waals surface area contributed by atoms with Crippen LogP contribution in [-0.4, -0.2) is 47.5 Å². The van der Waals surface area contributed by atoms with Crippen LogP contribution in [0.4, 0.5) is 4.79 Å². The molecule has 0 saturated heterocycles. The summed E-state index contributed by atoms with van der Waals surface area (Å²) in [5.41, 5.74) is 3.04. The van der Waals surface area contributed by atoms with E-state index in [1.165, 1.54) is 0 Å². The third-order valence-electron chi connectivity index (χ3n) is 7.39. The Labute approximate surface area is 253 Å². The second kappa shape index (κ2) is 17.6. The van der Waals surface area contributed by atoms with E-state index in [-0.39, 0.29) is 18.2 Å². The van der Waals surface area contributed by atoms with Crippen LogP contribution in [0.3, 0.4) is 0 Å². The number of aryl methyl sites for hydroxylation is 1. The minimum atomic E-state index is -0.908. The molecule has 0 radical (unpaired) electrons. The molecule has 0 heterocycles. The van der Waals surface area contributed by atoms with E-state index in [9.17, 15) is 14.4 Å². The smallest absolute Gasteiger partial charge is 0.408 e. The molecule has 2 atom stereocenters. The first-order valence-corrected chi connectivity index (χ1v) is 15.7. The van der Waals surface area contributed by atoms with Gasteiger partial charge in [-0.25, -0.2) is 4.79 Å². The molecule has 2 N–H and O–H groups in total. The van der Waals surface area contributed by atoms with Gasteiger partial charge in [-0.2, -0.15) is 0 Å². The van der Waals surface area contributed by atoms with Gasteiger partial charge in [0.15, 0.2) is 0 Å². The van der Waals surface area contributed by atoms with E-state index in [4.69, 9.17) is 4.74 Å². The van der Waals surface area contributed by atoms with E-state index < -0.39 is 23.8 Å². The second-order valence-electron chi connectivity index (χ2n) is 12.2. The summed E-state index contributed by atoms with van der Waals surface area (Å²) < 4.78 is 5.55. The van der Waals surface area contributed by atoms with Gasteiger partial charge >= 0.3 is 6.09 Å². The van der Waals surface area contributed by atoms with Gasteiger partial charge in [-0.15, -0.1) is 0 Å². The van der Waals surface area contributed by atoms with Crippen LogP contribution in [0.2, 0.25) is 0 Å². The standard InChI is InChI=1S/C35H53N3O4/c1-8-10-12-17-24-38(31(32(39)36-23-16-11-9-2)29-22-18-19-26(3)27(29)4)33(40)30(25-28-20-14-13-15-21-28)37-34(41)42-35(5,6)7/h13-15,18-22,30-31H,8-12,16-17,23-25H2,1-7H3,(H,36,39)(H,37,41). The molecule has 2 aromatic carbocycles. The number of benzene rings is 2. The number of carbonyl (C=O) groups excluding carboxylic acids is 3. The number of ether oxygens (including phenoxy) is 1. The van der Waals surface area contributed by atoms with Gasteiger partial charge in [0.25, 0.3) is 0 Å². The topological polar surface area (TPSA) is 87.7 Å². The summed E-state index contributed by atoms with van der Waals surface area (Å²) in [6, 6.07) is 13.8. The molecule has 7 nitrogen and oxygen atoms in total. The fraction of sp³-hybridized carbons (Fsp3) is 0.571. The number of alkyl carbamates (subject to hydrolysis) is 1. The van der Waals surface area contributed by atoms with Crippen molar-refractivity contribution in [1.29, 1.82) is 0 Å². The summed E-state index contributed by atoms with van der Waals surface area (Å²) in [6.07, 6.45) is 6.38. The van der Waals surface area contributed by atoms with Crippen LogP contribution in [0, 0.1) is 13.8 Å². The molecule has 0 aliphatic carbocycles. The molecule has 2 unspecified atom stereocenters. The molecule has 0 bridgehead atoms. The highest BCUT2D eigenvalue weighted by atomic mass is 16.6. The lowest BCUT2D eigenvalue weighted by atomic mass is 9.94. The van der Waals surface area contributed by atoms with Gasteiger partial charge in [-0.1, -0.05) is 94.5 Å². The fourth-order valence-electron chi connectivity index (χ4n) is 4.98. The van der Waals surface area contributed by atoms with Gasteiger partial charge in [0.05, 0.1) is 0 Å². The van der Waals surface area contributed by atoms with Crippen molar-refractivity contribution in [2.75, 3.05) is 13.1 Å². The van der Waals surface area contributed by atoms with E-state index >= 15 is 0 Å². The number of nitrogens with zero attached hydrogens (tertiary/aromatic N) is 1. The summed E-state index contributed by atoms with van der Waals surface area (Å²) in [5.74, 6) is -0.491. The molecule has 2 rings (SSSR count). The second-order valence-corrected chi connectivity index (χ2v) is 12.2. The van der Waals surface area contributed by atoms with E-state index in [1.807, 2.05) is 62.4 Å². The van der Waals surface area contributed by atoms with E-state index in [2.05, 4.69) is 24.5 Å². The van der Waals surface area contributed by atoms with Crippen LogP contribution < -0.4 is 10.6 Å². The molecule has 0 aromatic heterocycles. The lowest BCUT2D eigenvalue weighted by Crippen LogP contribution is -2.54. The Morgan fingerprint density at radius 3 is 2.17 bits per heavy atom. The van der Waals surface area contributed by atoms with Crippen molar-refractivity contribution in [3.8, 4) is 0 Å². The van der Waals surface area contributed by atoms with E-state index in [0.717, 1.165) is 67.2 Å². The van der Waals surface area contributed by atoms with Crippen LogP contribution in [-0.2, 0) is 20.7 Å². The molecule has 0 spiro atoms. The maximum absolute atomic E-state index is 14.6. The number of nitrogens with one attached hydrogen (secondary N) is 2. The Morgan fingerprint density at radius 1 is 0.857 bits per heavy atom. The number of carbonyl (C=O) groups is 3. The monoisotopic (exact) mass is 579 g/mol. The van der Waals surface area contributed by atoms with Crippen molar-refractivity contribution >= 4 is 17.9 Å². The molecular weight excluding hydrogens is 526 g/mol. The Bertz CT molecular complexity index is 1130. The maximum Gasteiger partial charge on any atom is 0.408 e. The van der Waals surface area contributed by atoms with Crippen molar-refractivity contribution in [2.45, 2.75) is 118 Å². The first-order valence-electron chi connectivity index (χ1n) is 15.7. The zero-order chi connectivity index (χ0) is 31.1. The minimum Gasteiger partial charge on any atom is -0.444 e. The average molecular weight is 580 g/mol. The summed E-state index contributed by atoms with van der Waals surface area (Å²) >= 11 is 0. The van der Waals surface area contributed by atoms with Crippen molar-refractivity contribution in [3.05, 3.63) is 70.8 Å². The maximum atomic E-state index is 14.6. The summed E-state index contributed by atoms with van der Waals surface area (Å²) in [4.78, 5) is 43.2. The summed E-state index contributed by atoms with van der Waals surface area (Å²) in [5, 5.41) is 5.97. The number of unbranched alkanes of at least 4 members (excludes halogenated alkanes) is 5. The molecule has 2 aromatic rings. The highest BCUT2D eigenvalue weighted by molar-refractivity contribution is 5.92. The summed E-state index contributed by atoms with van der Waals surface area (Å²) in [6.45, 7) is 14.6. The van der Waals surface area contributed by atoms with Crippen LogP contribution in [0.5, 0.6) is 0 Å². The van der Waals surface area contributed by atoms with Crippen LogP contribution in [0.1, 0.15) is 108 Å². The van der Waals surface area contributed by atoms with Crippen LogP contribution in [0.15, 0.2) is 48.5 Å².